The van der Waals surface area contributed by atoms with Gasteiger partial charge in [-0.1, -0.05) is 0 Å². The average molecular weight is 384 g/mol. The molecule has 4 bridgehead atoms. The number of carbonyl (C=O) groups excluding carboxylic acids is 1. The zero-order valence-electron chi connectivity index (χ0n) is 13.5. The van der Waals surface area contributed by atoms with E-state index in [0.29, 0.717) is 24.9 Å². The SMILES string of the molecule is Br.N#C[C@@H]1CCCN1C(=O)CNC12CC3CC(CC(O)(C3)C1)C2. The Balaban J connectivity index is 0.00000156. The third-order valence-electron chi connectivity index (χ3n) is 6.37. The maximum atomic E-state index is 12.4. The molecular weight excluding hydrogens is 358 g/mol. The van der Waals surface area contributed by atoms with E-state index in [1.807, 2.05) is 0 Å². The van der Waals surface area contributed by atoms with Crippen molar-refractivity contribution in [1.29, 1.82) is 5.26 Å². The van der Waals surface area contributed by atoms with Crippen molar-refractivity contribution in [3.05, 3.63) is 0 Å². The summed E-state index contributed by atoms with van der Waals surface area (Å²) >= 11 is 0. The minimum absolute atomic E-state index is 0. The van der Waals surface area contributed by atoms with Gasteiger partial charge in [0.1, 0.15) is 6.04 Å². The number of likely N-dealkylation sites (tertiary alicyclic amines) is 1. The topological polar surface area (TPSA) is 76.4 Å². The first-order valence-electron chi connectivity index (χ1n) is 8.67. The Morgan fingerprint density at radius 2 is 2.00 bits per heavy atom. The third kappa shape index (κ3) is 3.04. The van der Waals surface area contributed by atoms with Crippen molar-refractivity contribution in [3.8, 4) is 6.07 Å². The number of carbonyl (C=O) groups is 1. The van der Waals surface area contributed by atoms with E-state index >= 15 is 0 Å². The van der Waals surface area contributed by atoms with Crippen molar-refractivity contribution < 1.29 is 9.90 Å². The molecule has 0 aromatic carbocycles. The number of halogens is 1. The summed E-state index contributed by atoms with van der Waals surface area (Å²) < 4.78 is 0. The number of rotatable bonds is 3. The molecule has 4 saturated carbocycles. The average Bonchev–Trinajstić information content (AvgIpc) is 2.90. The Bertz CT molecular complexity index is 518. The molecule has 128 valence electrons. The van der Waals surface area contributed by atoms with E-state index in [9.17, 15) is 9.90 Å². The van der Waals surface area contributed by atoms with E-state index < -0.39 is 5.60 Å². The number of nitrogens with zero attached hydrogens (tertiary/aromatic N) is 2. The van der Waals surface area contributed by atoms with Gasteiger partial charge in [-0.2, -0.15) is 5.26 Å². The smallest absolute Gasteiger partial charge is 0.237 e. The zero-order valence-corrected chi connectivity index (χ0v) is 15.2. The maximum absolute atomic E-state index is 12.4. The third-order valence-corrected chi connectivity index (χ3v) is 6.37. The van der Waals surface area contributed by atoms with Gasteiger partial charge < -0.3 is 15.3 Å². The van der Waals surface area contributed by atoms with Crippen molar-refractivity contribution >= 4 is 22.9 Å². The van der Waals surface area contributed by atoms with Gasteiger partial charge in [0.2, 0.25) is 5.91 Å². The van der Waals surface area contributed by atoms with E-state index in [0.717, 1.165) is 44.9 Å². The van der Waals surface area contributed by atoms with Crippen LogP contribution in [-0.4, -0.2) is 46.2 Å². The van der Waals surface area contributed by atoms with Crippen molar-refractivity contribution in [1.82, 2.24) is 10.2 Å². The van der Waals surface area contributed by atoms with E-state index in [2.05, 4.69) is 11.4 Å². The molecule has 5 fully saturated rings. The highest BCUT2D eigenvalue weighted by molar-refractivity contribution is 8.93. The summed E-state index contributed by atoms with van der Waals surface area (Å²) in [6, 6.07) is 1.99. The number of amides is 1. The van der Waals surface area contributed by atoms with Crippen LogP contribution in [-0.2, 0) is 4.79 Å². The molecule has 2 unspecified atom stereocenters. The summed E-state index contributed by atoms with van der Waals surface area (Å²) in [5.74, 6) is 1.28. The summed E-state index contributed by atoms with van der Waals surface area (Å²) in [6.45, 7) is 1.02. The second kappa shape index (κ2) is 6.02. The first-order valence-corrected chi connectivity index (χ1v) is 8.67. The van der Waals surface area contributed by atoms with Crippen molar-refractivity contribution in [2.75, 3.05) is 13.1 Å². The molecule has 5 rings (SSSR count). The van der Waals surface area contributed by atoms with Crippen LogP contribution in [0.3, 0.4) is 0 Å². The monoisotopic (exact) mass is 383 g/mol. The van der Waals surface area contributed by atoms with Crippen LogP contribution in [0.1, 0.15) is 51.4 Å². The highest BCUT2D eigenvalue weighted by atomic mass is 79.9. The lowest BCUT2D eigenvalue weighted by Crippen LogP contribution is -2.65. The predicted molar refractivity (Wildman–Crippen MR) is 91.0 cm³/mol. The van der Waals surface area contributed by atoms with Gasteiger partial charge in [-0.3, -0.25) is 4.79 Å². The first-order chi connectivity index (χ1) is 10.5. The standard InChI is InChI=1S/C17H25N3O2.BrH/c18-9-14-2-1-3-20(14)15(21)10-19-16-5-12-4-13(6-16)8-17(22,7-12)11-16;/h12-14,19,22H,1-8,10-11H2;1H/t12?,13?,14-,16?,17?;/m0./s1. The minimum Gasteiger partial charge on any atom is -0.390 e. The lowest BCUT2D eigenvalue weighted by Gasteiger charge is -2.60. The van der Waals surface area contributed by atoms with Gasteiger partial charge in [-0.15, -0.1) is 17.0 Å². The number of hydrogen-bond acceptors (Lipinski definition) is 4. The molecule has 1 amide bonds. The van der Waals surface area contributed by atoms with Gasteiger partial charge in [0.15, 0.2) is 0 Å². The molecule has 1 saturated heterocycles. The van der Waals surface area contributed by atoms with E-state index in [1.54, 1.807) is 4.90 Å². The van der Waals surface area contributed by atoms with Gasteiger partial charge in [0.25, 0.3) is 0 Å². The highest BCUT2D eigenvalue weighted by Gasteiger charge is 2.57. The highest BCUT2D eigenvalue weighted by Crippen LogP contribution is 2.57. The summed E-state index contributed by atoms with van der Waals surface area (Å²) in [5, 5.41) is 23.4. The Morgan fingerprint density at radius 3 is 2.61 bits per heavy atom. The molecule has 23 heavy (non-hydrogen) atoms. The Hall–Kier alpha value is -0.640. The van der Waals surface area contributed by atoms with Crippen LogP contribution in [0.5, 0.6) is 0 Å². The fourth-order valence-electron chi connectivity index (χ4n) is 5.99. The Labute approximate surface area is 148 Å². The summed E-state index contributed by atoms with van der Waals surface area (Å²) in [4.78, 5) is 14.2. The largest absolute Gasteiger partial charge is 0.390 e. The van der Waals surface area contributed by atoms with Crippen molar-refractivity contribution in [2.24, 2.45) is 11.8 Å². The summed E-state index contributed by atoms with van der Waals surface area (Å²) in [5.41, 5.74) is -0.542. The second-order valence-corrected chi connectivity index (χ2v) is 8.19. The fourth-order valence-corrected chi connectivity index (χ4v) is 5.99. The molecule has 4 aliphatic carbocycles. The van der Waals surface area contributed by atoms with Gasteiger partial charge >= 0.3 is 0 Å². The number of nitriles is 1. The quantitative estimate of drug-likeness (QED) is 0.778. The van der Waals surface area contributed by atoms with Crippen LogP contribution in [0, 0.1) is 23.2 Å². The number of hydrogen-bond donors (Lipinski definition) is 2. The summed E-state index contributed by atoms with van der Waals surface area (Å²) in [7, 11) is 0. The van der Waals surface area contributed by atoms with E-state index in [1.165, 1.54) is 6.42 Å². The van der Waals surface area contributed by atoms with Crippen LogP contribution in [0.15, 0.2) is 0 Å². The normalized spacial score (nSPS) is 44.0. The van der Waals surface area contributed by atoms with Crippen LogP contribution in [0.25, 0.3) is 0 Å². The molecule has 1 aliphatic heterocycles. The summed E-state index contributed by atoms with van der Waals surface area (Å²) in [6.07, 6.45) is 7.87. The molecule has 5 nitrogen and oxygen atoms in total. The lowest BCUT2D eigenvalue weighted by atomic mass is 9.51. The van der Waals surface area contributed by atoms with Crippen molar-refractivity contribution in [2.45, 2.75) is 68.5 Å². The second-order valence-electron chi connectivity index (χ2n) is 8.19. The lowest BCUT2D eigenvalue weighted by molar-refractivity contribution is -0.147. The van der Waals surface area contributed by atoms with Gasteiger partial charge in [-0.05, 0) is 63.2 Å². The molecule has 1 heterocycles. The van der Waals surface area contributed by atoms with Crippen LogP contribution < -0.4 is 5.32 Å². The Morgan fingerprint density at radius 1 is 1.30 bits per heavy atom. The minimum atomic E-state index is -0.497. The maximum Gasteiger partial charge on any atom is 0.237 e. The van der Waals surface area contributed by atoms with Gasteiger partial charge in [0.05, 0.1) is 18.2 Å². The molecule has 3 atom stereocenters. The molecule has 6 heteroatoms. The van der Waals surface area contributed by atoms with E-state index in [4.69, 9.17) is 5.26 Å². The molecule has 0 aromatic heterocycles. The van der Waals surface area contributed by atoms with Crippen molar-refractivity contribution in [3.63, 3.8) is 0 Å². The molecule has 0 radical (unpaired) electrons. The molecule has 5 aliphatic rings. The fraction of sp³-hybridized carbons (Fsp3) is 0.882. The van der Waals surface area contributed by atoms with Crippen LogP contribution >= 0.6 is 17.0 Å². The first kappa shape index (κ1) is 17.2. The van der Waals surface area contributed by atoms with Crippen LogP contribution in [0.2, 0.25) is 0 Å². The van der Waals surface area contributed by atoms with Gasteiger partial charge in [-0.25, -0.2) is 0 Å². The zero-order chi connectivity index (χ0) is 15.4. The molecule has 2 N–H and O–H groups in total. The molecular formula is C17H26BrN3O2. The molecule has 0 aromatic rings. The van der Waals surface area contributed by atoms with E-state index in [-0.39, 0.29) is 34.5 Å². The molecule has 0 spiro atoms. The Kier molecular flexibility index (Phi) is 4.50. The van der Waals surface area contributed by atoms with Crippen LogP contribution in [0.4, 0.5) is 0 Å². The predicted octanol–water partition coefficient (Wildman–Crippen LogP) is 1.75. The number of aliphatic hydroxyl groups is 1. The van der Waals surface area contributed by atoms with Gasteiger partial charge in [0, 0.05) is 12.1 Å². The number of nitrogens with one attached hydrogen (secondary N) is 1.